The first kappa shape index (κ1) is 14.7. The van der Waals surface area contributed by atoms with Gasteiger partial charge in [0.2, 0.25) is 11.8 Å². The van der Waals surface area contributed by atoms with Crippen molar-refractivity contribution < 1.29 is 4.74 Å². The summed E-state index contributed by atoms with van der Waals surface area (Å²) in [5, 5.41) is 0. The van der Waals surface area contributed by atoms with Crippen LogP contribution in [0.1, 0.15) is 19.5 Å². The van der Waals surface area contributed by atoms with Crippen LogP contribution in [0.2, 0.25) is 0 Å². The highest BCUT2D eigenvalue weighted by molar-refractivity contribution is 5.34. The summed E-state index contributed by atoms with van der Waals surface area (Å²) >= 11 is 0. The van der Waals surface area contributed by atoms with Gasteiger partial charge in [-0.15, -0.1) is 0 Å². The number of nitrogens with two attached hydrogens (primary N) is 2. The highest BCUT2D eigenvalue weighted by Crippen LogP contribution is 2.16. The molecule has 102 valence electrons. The van der Waals surface area contributed by atoms with Gasteiger partial charge >= 0.3 is 0 Å². The monoisotopic (exact) mass is 253 g/mol. The number of nitrogens with zero attached hydrogens (tertiary/aromatic N) is 3. The van der Waals surface area contributed by atoms with Gasteiger partial charge in [-0.25, -0.2) is 4.98 Å². The van der Waals surface area contributed by atoms with E-state index in [0.29, 0.717) is 38.0 Å². The Balaban J connectivity index is 2.94. The summed E-state index contributed by atoms with van der Waals surface area (Å²) in [6, 6.07) is 1.83. The van der Waals surface area contributed by atoms with Crippen molar-refractivity contribution in [2.75, 3.05) is 31.1 Å². The maximum atomic E-state index is 5.60. The van der Waals surface area contributed by atoms with Gasteiger partial charge in [0.05, 0.1) is 6.10 Å². The molecule has 0 amide bonds. The van der Waals surface area contributed by atoms with Crippen LogP contribution in [0, 0.1) is 6.92 Å². The molecule has 18 heavy (non-hydrogen) atoms. The molecule has 0 aliphatic rings. The molecule has 0 aliphatic heterocycles. The van der Waals surface area contributed by atoms with Gasteiger partial charge in [0, 0.05) is 37.9 Å². The number of anilines is 1. The Morgan fingerprint density at radius 3 is 2.33 bits per heavy atom. The minimum absolute atomic E-state index is 0.0876. The standard InChI is InChI=1S/C12H23N5O/c1-9(2)18-11-8-10(3)15-12(16-11)17(6-4-13)7-5-14/h8-9H,4-7,13-14H2,1-3H3. The summed E-state index contributed by atoms with van der Waals surface area (Å²) in [6.45, 7) is 8.30. The zero-order valence-electron chi connectivity index (χ0n) is 11.4. The van der Waals surface area contributed by atoms with Crippen molar-refractivity contribution in [1.29, 1.82) is 0 Å². The lowest BCUT2D eigenvalue weighted by atomic mass is 10.4. The first-order valence-corrected chi connectivity index (χ1v) is 6.24. The van der Waals surface area contributed by atoms with E-state index in [2.05, 4.69) is 9.97 Å². The molecular weight excluding hydrogens is 230 g/mol. The van der Waals surface area contributed by atoms with Crippen LogP contribution in [0.5, 0.6) is 5.88 Å². The minimum Gasteiger partial charge on any atom is -0.475 e. The Labute approximate surface area is 108 Å². The van der Waals surface area contributed by atoms with Crippen molar-refractivity contribution >= 4 is 5.95 Å². The molecule has 0 aliphatic carbocycles. The smallest absolute Gasteiger partial charge is 0.228 e. The van der Waals surface area contributed by atoms with Crippen LogP contribution in [0.4, 0.5) is 5.95 Å². The van der Waals surface area contributed by atoms with Crippen molar-refractivity contribution in [3.63, 3.8) is 0 Å². The van der Waals surface area contributed by atoms with Gasteiger partial charge in [0.25, 0.3) is 0 Å². The van der Waals surface area contributed by atoms with Crippen molar-refractivity contribution in [3.8, 4) is 5.88 Å². The van der Waals surface area contributed by atoms with Gasteiger partial charge in [-0.05, 0) is 20.8 Å². The zero-order chi connectivity index (χ0) is 13.5. The Morgan fingerprint density at radius 2 is 1.83 bits per heavy atom. The van der Waals surface area contributed by atoms with Gasteiger partial charge in [0.15, 0.2) is 0 Å². The summed E-state index contributed by atoms with van der Waals surface area (Å²) in [5.41, 5.74) is 12.0. The molecule has 0 saturated carbocycles. The Kier molecular flexibility index (Phi) is 5.80. The van der Waals surface area contributed by atoms with E-state index in [9.17, 15) is 0 Å². The van der Waals surface area contributed by atoms with E-state index in [0.717, 1.165) is 5.69 Å². The van der Waals surface area contributed by atoms with E-state index < -0.39 is 0 Å². The number of rotatable bonds is 7. The number of aromatic nitrogens is 2. The fourth-order valence-electron chi connectivity index (χ4n) is 1.59. The van der Waals surface area contributed by atoms with E-state index in [1.165, 1.54) is 0 Å². The van der Waals surface area contributed by atoms with Crippen LogP contribution in [-0.4, -0.2) is 42.3 Å². The average molecular weight is 253 g/mol. The molecule has 0 radical (unpaired) electrons. The van der Waals surface area contributed by atoms with Crippen molar-refractivity contribution in [2.24, 2.45) is 11.5 Å². The van der Waals surface area contributed by atoms with E-state index >= 15 is 0 Å². The second-order valence-electron chi connectivity index (χ2n) is 4.38. The van der Waals surface area contributed by atoms with Crippen LogP contribution in [0.25, 0.3) is 0 Å². The van der Waals surface area contributed by atoms with Gasteiger partial charge in [-0.1, -0.05) is 0 Å². The highest BCUT2D eigenvalue weighted by atomic mass is 16.5. The largest absolute Gasteiger partial charge is 0.475 e. The lowest BCUT2D eigenvalue weighted by Crippen LogP contribution is -2.35. The molecule has 6 nitrogen and oxygen atoms in total. The number of hydrogen-bond acceptors (Lipinski definition) is 6. The van der Waals surface area contributed by atoms with E-state index in [-0.39, 0.29) is 6.10 Å². The van der Waals surface area contributed by atoms with Crippen LogP contribution >= 0.6 is 0 Å². The average Bonchev–Trinajstić information content (AvgIpc) is 2.27. The summed E-state index contributed by atoms with van der Waals surface area (Å²) in [7, 11) is 0. The third-order valence-corrected chi connectivity index (χ3v) is 2.26. The molecule has 1 aromatic heterocycles. The topological polar surface area (TPSA) is 90.3 Å². The quantitative estimate of drug-likeness (QED) is 0.726. The maximum Gasteiger partial charge on any atom is 0.228 e. The fraction of sp³-hybridized carbons (Fsp3) is 0.667. The van der Waals surface area contributed by atoms with Crippen LogP contribution in [0.15, 0.2) is 6.07 Å². The van der Waals surface area contributed by atoms with Crippen molar-refractivity contribution in [1.82, 2.24) is 9.97 Å². The minimum atomic E-state index is 0.0876. The fourth-order valence-corrected chi connectivity index (χ4v) is 1.59. The third-order valence-electron chi connectivity index (χ3n) is 2.26. The molecule has 0 fully saturated rings. The molecule has 1 aromatic rings. The van der Waals surface area contributed by atoms with E-state index in [4.69, 9.17) is 16.2 Å². The second kappa shape index (κ2) is 7.13. The molecule has 1 rings (SSSR count). The number of hydrogen-bond donors (Lipinski definition) is 2. The summed E-state index contributed by atoms with van der Waals surface area (Å²) in [5.74, 6) is 1.22. The molecule has 0 bridgehead atoms. The molecule has 6 heteroatoms. The predicted molar refractivity (Wildman–Crippen MR) is 72.9 cm³/mol. The van der Waals surface area contributed by atoms with Crippen LogP contribution in [-0.2, 0) is 0 Å². The zero-order valence-corrected chi connectivity index (χ0v) is 11.4. The highest BCUT2D eigenvalue weighted by Gasteiger charge is 2.11. The van der Waals surface area contributed by atoms with Crippen molar-refractivity contribution in [3.05, 3.63) is 11.8 Å². The predicted octanol–water partition coefficient (Wildman–Crippen LogP) is 0.296. The summed E-state index contributed by atoms with van der Waals surface area (Å²) in [4.78, 5) is 10.8. The van der Waals surface area contributed by atoms with Gasteiger partial charge in [-0.3, -0.25) is 0 Å². The Morgan fingerprint density at radius 1 is 1.22 bits per heavy atom. The normalized spacial score (nSPS) is 10.8. The second-order valence-corrected chi connectivity index (χ2v) is 4.38. The van der Waals surface area contributed by atoms with E-state index in [1.54, 1.807) is 0 Å². The molecule has 0 aromatic carbocycles. The molecule has 0 unspecified atom stereocenters. The molecule has 4 N–H and O–H groups in total. The maximum absolute atomic E-state index is 5.60. The number of aryl methyl sites for hydroxylation is 1. The molecule has 0 atom stereocenters. The third kappa shape index (κ3) is 4.46. The van der Waals surface area contributed by atoms with Gasteiger partial charge < -0.3 is 21.1 Å². The summed E-state index contributed by atoms with van der Waals surface area (Å²) < 4.78 is 5.60. The molecule has 1 heterocycles. The lowest BCUT2D eigenvalue weighted by molar-refractivity contribution is 0.232. The molecule has 0 saturated heterocycles. The SMILES string of the molecule is Cc1cc(OC(C)C)nc(N(CCN)CCN)n1. The van der Waals surface area contributed by atoms with E-state index in [1.807, 2.05) is 31.7 Å². The Hall–Kier alpha value is -1.40. The van der Waals surface area contributed by atoms with Gasteiger partial charge in [-0.2, -0.15) is 4.98 Å². The van der Waals surface area contributed by atoms with Gasteiger partial charge in [0.1, 0.15) is 0 Å². The van der Waals surface area contributed by atoms with Crippen molar-refractivity contribution in [2.45, 2.75) is 26.9 Å². The molecular formula is C12H23N5O. The van der Waals surface area contributed by atoms with Crippen LogP contribution in [0.3, 0.4) is 0 Å². The first-order chi connectivity index (χ1) is 8.56. The Bertz CT molecular complexity index is 363. The summed E-state index contributed by atoms with van der Waals surface area (Å²) in [6.07, 6.45) is 0.0876. The molecule has 0 spiro atoms. The first-order valence-electron chi connectivity index (χ1n) is 6.24. The number of ether oxygens (including phenoxy) is 1. The van der Waals surface area contributed by atoms with Crippen LogP contribution < -0.4 is 21.1 Å². The lowest BCUT2D eigenvalue weighted by Gasteiger charge is -2.22.